The van der Waals surface area contributed by atoms with Crippen LogP contribution in [-0.4, -0.2) is 20.7 Å². The van der Waals surface area contributed by atoms with Gasteiger partial charge in [-0.3, -0.25) is 9.78 Å². The maximum atomic E-state index is 13.0. The predicted molar refractivity (Wildman–Crippen MR) is 94.5 cm³/mol. The van der Waals surface area contributed by atoms with Crippen LogP contribution in [0.5, 0.6) is 0 Å². The molecule has 3 rings (SSSR count). The lowest BCUT2D eigenvalue weighted by Crippen LogP contribution is -2.13. The summed E-state index contributed by atoms with van der Waals surface area (Å²) >= 11 is 0. The maximum Gasteiger partial charge on any atom is 0.452 e. The molecule has 0 aliphatic rings. The van der Waals surface area contributed by atoms with E-state index in [0.717, 1.165) is 0 Å². The molecule has 0 amide bonds. The van der Waals surface area contributed by atoms with Crippen LogP contribution in [0.2, 0.25) is 0 Å². The molecule has 3 aromatic rings. The highest BCUT2D eigenvalue weighted by atomic mass is 19.4. The van der Waals surface area contributed by atoms with E-state index in [1.54, 1.807) is 30.5 Å². The van der Waals surface area contributed by atoms with Gasteiger partial charge in [-0.25, -0.2) is 9.97 Å². The first-order valence-corrected chi connectivity index (χ1v) is 8.20. The van der Waals surface area contributed by atoms with Crippen LogP contribution in [0.4, 0.5) is 24.7 Å². The van der Waals surface area contributed by atoms with Crippen molar-refractivity contribution in [1.29, 1.82) is 0 Å². The minimum atomic E-state index is -4.79. The first-order chi connectivity index (χ1) is 13.2. The molecule has 0 atom stereocenters. The molecular formula is C18H16F3N5O2. The van der Waals surface area contributed by atoms with Gasteiger partial charge in [0.2, 0.25) is 5.76 Å². The van der Waals surface area contributed by atoms with Crippen molar-refractivity contribution < 1.29 is 22.4 Å². The Hall–Kier alpha value is -3.43. The molecule has 0 saturated heterocycles. The van der Waals surface area contributed by atoms with Gasteiger partial charge >= 0.3 is 6.18 Å². The third-order valence-electron chi connectivity index (χ3n) is 3.80. The Morgan fingerprint density at radius 1 is 1.25 bits per heavy atom. The molecular weight excluding hydrogens is 375 g/mol. The van der Waals surface area contributed by atoms with E-state index in [-0.39, 0.29) is 12.3 Å². The van der Waals surface area contributed by atoms with Crippen LogP contribution >= 0.6 is 0 Å². The molecule has 0 saturated carbocycles. The summed E-state index contributed by atoms with van der Waals surface area (Å²) in [6.07, 6.45) is -2.01. The number of hydrogen-bond donors (Lipinski definition) is 2. The van der Waals surface area contributed by atoms with Crippen molar-refractivity contribution in [2.75, 3.05) is 11.1 Å². The molecule has 3 N–H and O–H groups in total. The number of anilines is 2. The molecule has 0 aromatic carbocycles. The second kappa shape index (κ2) is 7.67. The monoisotopic (exact) mass is 391 g/mol. The fourth-order valence-electron chi connectivity index (χ4n) is 2.56. The molecule has 0 fully saturated rings. The number of nitrogens with zero attached hydrogens (tertiary/aromatic N) is 3. The summed E-state index contributed by atoms with van der Waals surface area (Å²) in [6.45, 7) is 1.56. The summed E-state index contributed by atoms with van der Waals surface area (Å²) in [4.78, 5) is 24.1. The number of ketones is 1. The second-order valence-corrected chi connectivity index (χ2v) is 5.95. The molecule has 0 spiro atoms. The van der Waals surface area contributed by atoms with Crippen molar-refractivity contribution in [3.8, 4) is 0 Å². The SMILES string of the molecule is Cc1nc(C(=O)Cc2ccnc(CNc3cccnc3N)c2)c(C(F)(F)F)o1. The van der Waals surface area contributed by atoms with E-state index >= 15 is 0 Å². The van der Waals surface area contributed by atoms with Gasteiger partial charge in [0.25, 0.3) is 0 Å². The molecule has 0 aliphatic carbocycles. The third kappa shape index (κ3) is 4.45. The Bertz CT molecular complexity index is 1000. The Labute approximate surface area is 157 Å². The highest BCUT2D eigenvalue weighted by molar-refractivity contribution is 5.96. The molecule has 3 aromatic heterocycles. The van der Waals surface area contributed by atoms with E-state index in [4.69, 9.17) is 5.73 Å². The van der Waals surface area contributed by atoms with Crippen molar-refractivity contribution in [3.63, 3.8) is 0 Å². The number of nitrogens with one attached hydrogen (secondary N) is 1. The first-order valence-electron chi connectivity index (χ1n) is 8.20. The van der Waals surface area contributed by atoms with Crippen molar-refractivity contribution in [3.05, 3.63) is 65.3 Å². The molecule has 0 radical (unpaired) electrons. The lowest BCUT2D eigenvalue weighted by atomic mass is 10.1. The van der Waals surface area contributed by atoms with Crippen LogP contribution in [0.25, 0.3) is 0 Å². The number of alkyl halides is 3. The minimum absolute atomic E-state index is 0.218. The summed E-state index contributed by atoms with van der Waals surface area (Å²) in [5.74, 6) is -2.05. The number of aromatic nitrogens is 3. The number of carbonyl (C=O) groups excluding carboxylic acids is 1. The molecule has 7 nitrogen and oxygen atoms in total. The molecule has 3 heterocycles. The summed E-state index contributed by atoms with van der Waals surface area (Å²) in [6, 6.07) is 6.65. The predicted octanol–water partition coefficient (Wildman–Crippen LogP) is 3.41. The summed E-state index contributed by atoms with van der Waals surface area (Å²) < 4.78 is 43.6. The standard InChI is InChI=1S/C18H16F3N5O2/c1-10-26-15(16(28-10)18(19,20)21)14(27)8-11-4-6-23-12(7-11)9-25-13-3-2-5-24-17(13)22/h2-7,25H,8-9H2,1H3,(H2,22,24). The molecule has 0 unspecified atom stereocenters. The number of carbonyl (C=O) groups is 1. The van der Waals surface area contributed by atoms with Crippen LogP contribution in [0.1, 0.15) is 33.4 Å². The third-order valence-corrected chi connectivity index (χ3v) is 3.80. The van der Waals surface area contributed by atoms with E-state index in [1.807, 2.05) is 0 Å². The number of nitrogen functional groups attached to an aromatic ring is 1. The van der Waals surface area contributed by atoms with E-state index in [1.165, 1.54) is 13.1 Å². The van der Waals surface area contributed by atoms with Crippen LogP contribution in [0.3, 0.4) is 0 Å². The fraction of sp³-hybridized carbons (Fsp3) is 0.222. The first kappa shape index (κ1) is 19.3. The van der Waals surface area contributed by atoms with Crippen molar-refractivity contribution >= 4 is 17.3 Å². The fourth-order valence-corrected chi connectivity index (χ4v) is 2.56. The Balaban J connectivity index is 1.73. The van der Waals surface area contributed by atoms with E-state index in [2.05, 4.69) is 24.7 Å². The molecule has 10 heteroatoms. The number of rotatable bonds is 6. The number of Topliss-reactive ketones (excluding diaryl/α,β-unsaturated/α-hetero) is 1. The normalized spacial score (nSPS) is 11.4. The van der Waals surface area contributed by atoms with Gasteiger partial charge in [-0.05, 0) is 29.8 Å². The number of nitrogens with two attached hydrogens (primary N) is 1. The van der Waals surface area contributed by atoms with E-state index < -0.39 is 23.4 Å². The lowest BCUT2D eigenvalue weighted by Gasteiger charge is -2.09. The van der Waals surface area contributed by atoms with Crippen LogP contribution in [-0.2, 0) is 19.1 Å². The smallest absolute Gasteiger partial charge is 0.436 e. The van der Waals surface area contributed by atoms with Gasteiger partial charge in [0, 0.05) is 25.7 Å². The maximum absolute atomic E-state index is 13.0. The molecule has 0 bridgehead atoms. The highest BCUT2D eigenvalue weighted by Crippen LogP contribution is 2.33. The highest BCUT2D eigenvalue weighted by Gasteiger charge is 2.41. The van der Waals surface area contributed by atoms with Gasteiger partial charge in [-0.2, -0.15) is 13.2 Å². The quantitative estimate of drug-likeness (QED) is 0.620. The molecule has 146 valence electrons. The van der Waals surface area contributed by atoms with Crippen LogP contribution < -0.4 is 11.1 Å². The largest absolute Gasteiger partial charge is 0.452 e. The number of halogens is 3. The zero-order chi connectivity index (χ0) is 20.3. The zero-order valence-electron chi connectivity index (χ0n) is 14.7. The van der Waals surface area contributed by atoms with Crippen LogP contribution in [0, 0.1) is 6.92 Å². The Kier molecular flexibility index (Phi) is 5.30. The van der Waals surface area contributed by atoms with Crippen molar-refractivity contribution in [2.24, 2.45) is 0 Å². The van der Waals surface area contributed by atoms with Gasteiger partial charge in [-0.15, -0.1) is 0 Å². The second-order valence-electron chi connectivity index (χ2n) is 5.95. The lowest BCUT2D eigenvalue weighted by molar-refractivity contribution is -0.153. The number of pyridine rings is 2. The average molecular weight is 391 g/mol. The Morgan fingerprint density at radius 3 is 2.75 bits per heavy atom. The van der Waals surface area contributed by atoms with Gasteiger partial charge in [-0.1, -0.05) is 0 Å². The minimum Gasteiger partial charge on any atom is -0.436 e. The Morgan fingerprint density at radius 2 is 2.04 bits per heavy atom. The average Bonchev–Trinajstić information content (AvgIpc) is 3.04. The zero-order valence-corrected chi connectivity index (χ0v) is 14.7. The van der Waals surface area contributed by atoms with Gasteiger partial charge in [0.05, 0.1) is 17.9 Å². The summed E-state index contributed by atoms with van der Waals surface area (Å²) in [5.41, 5.74) is 6.74. The summed E-state index contributed by atoms with van der Waals surface area (Å²) in [5, 5.41) is 3.06. The van der Waals surface area contributed by atoms with Crippen molar-refractivity contribution in [1.82, 2.24) is 15.0 Å². The number of aryl methyl sites for hydroxylation is 1. The van der Waals surface area contributed by atoms with E-state index in [9.17, 15) is 18.0 Å². The molecule has 28 heavy (non-hydrogen) atoms. The van der Waals surface area contributed by atoms with E-state index in [0.29, 0.717) is 29.3 Å². The topological polar surface area (TPSA) is 107 Å². The van der Waals surface area contributed by atoms with Gasteiger partial charge in [0.1, 0.15) is 5.82 Å². The number of oxazole rings is 1. The summed E-state index contributed by atoms with van der Waals surface area (Å²) in [7, 11) is 0. The number of hydrogen-bond acceptors (Lipinski definition) is 7. The van der Waals surface area contributed by atoms with Gasteiger partial charge in [0.15, 0.2) is 17.4 Å². The van der Waals surface area contributed by atoms with Gasteiger partial charge < -0.3 is 15.5 Å². The molecule has 0 aliphatic heterocycles. The van der Waals surface area contributed by atoms with Crippen LogP contribution in [0.15, 0.2) is 41.1 Å². The van der Waals surface area contributed by atoms with Crippen molar-refractivity contribution in [2.45, 2.75) is 26.1 Å².